The number of pyridine rings is 1. The summed E-state index contributed by atoms with van der Waals surface area (Å²) in [5, 5.41) is 11.0. The third-order valence-corrected chi connectivity index (χ3v) is 8.96. The van der Waals surface area contributed by atoms with E-state index in [1.54, 1.807) is 18.7 Å². The average molecular weight is 579 g/mol. The fourth-order valence-electron chi connectivity index (χ4n) is 5.68. The lowest BCUT2D eigenvalue weighted by molar-refractivity contribution is -0.162. The number of aromatic amines is 1. The Morgan fingerprint density at radius 1 is 1.07 bits per heavy atom. The van der Waals surface area contributed by atoms with Crippen LogP contribution in [0.4, 0.5) is 0 Å². The number of aryl methyl sites for hydroxylation is 2. The van der Waals surface area contributed by atoms with E-state index in [4.69, 9.17) is 9.47 Å². The lowest BCUT2D eigenvalue weighted by Crippen LogP contribution is -2.37. The van der Waals surface area contributed by atoms with Gasteiger partial charge < -0.3 is 19.6 Å². The molecule has 2 atom stereocenters. The van der Waals surface area contributed by atoms with Gasteiger partial charge in [-0.25, -0.2) is 4.79 Å². The van der Waals surface area contributed by atoms with Crippen molar-refractivity contribution >= 4 is 28.6 Å². The molecule has 5 aromatic rings. The molecule has 0 aliphatic carbocycles. The van der Waals surface area contributed by atoms with Crippen LogP contribution in [0.25, 0.3) is 22.0 Å². The molecule has 0 amide bonds. The van der Waals surface area contributed by atoms with Gasteiger partial charge in [-0.15, -0.1) is 11.8 Å². The van der Waals surface area contributed by atoms with E-state index in [2.05, 4.69) is 58.5 Å². The smallest absolute Gasteiger partial charge is 0.332 e. The van der Waals surface area contributed by atoms with Crippen LogP contribution in [0.15, 0.2) is 90.0 Å². The molecule has 2 aromatic heterocycles. The van der Waals surface area contributed by atoms with Crippen molar-refractivity contribution in [2.75, 3.05) is 5.75 Å². The second-order valence-corrected chi connectivity index (χ2v) is 12.2. The summed E-state index contributed by atoms with van der Waals surface area (Å²) in [6.45, 7) is 5.91. The minimum Gasteiger partial charge on any atom is -0.487 e. The Labute approximate surface area is 250 Å². The summed E-state index contributed by atoms with van der Waals surface area (Å²) in [7, 11) is 0. The maximum absolute atomic E-state index is 12.0. The van der Waals surface area contributed by atoms with Crippen molar-refractivity contribution in [3.63, 3.8) is 0 Å². The zero-order valence-electron chi connectivity index (χ0n) is 24.0. The standard InChI is InChI=1S/C35H34N2O4S/c1-22-12-13-26(30(18-22)40-21-28-15-14-27(20-36-28)24-8-5-4-6-9-24)19-35(3,41-23(2)34(38)39)33-32-31-25(16-17-42-32)10-7-11-29(31)37-33/h4-15,18,20,23,37H,16-17,19,21H2,1-3H3,(H,38,39). The Bertz CT molecular complexity index is 1730. The van der Waals surface area contributed by atoms with Crippen molar-refractivity contribution in [3.05, 3.63) is 113 Å². The fourth-order valence-corrected chi connectivity index (χ4v) is 7.00. The van der Waals surface area contributed by atoms with E-state index in [9.17, 15) is 9.90 Å². The summed E-state index contributed by atoms with van der Waals surface area (Å²) < 4.78 is 12.8. The van der Waals surface area contributed by atoms with Crippen molar-refractivity contribution in [1.29, 1.82) is 0 Å². The molecule has 3 heterocycles. The first-order valence-electron chi connectivity index (χ1n) is 14.2. The predicted molar refractivity (Wildman–Crippen MR) is 167 cm³/mol. The van der Waals surface area contributed by atoms with Gasteiger partial charge in [-0.1, -0.05) is 60.7 Å². The van der Waals surface area contributed by atoms with Crippen LogP contribution in [0.2, 0.25) is 0 Å². The van der Waals surface area contributed by atoms with Gasteiger partial charge in [0.05, 0.1) is 11.4 Å². The number of rotatable bonds is 10. The highest BCUT2D eigenvalue weighted by Gasteiger charge is 2.38. The number of carboxylic acids is 1. The third-order valence-electron chi connectivity index (χ3n) is 7.85. The maximum atomic E-state index is 12.0. The maximum Gasteiger partial charge on any atom is 0.332 e. The van der Waals surface area contributed by atoms with E-state index in [-0.39, 0.29) is 0 Å². The molecule has 0 saturated heterocycles. The predicted octanol–water partition coefficient (Wildman–Crippen LogP) is 7.71. The lowest BCUT2D eigenvalue weighted by Gasteiger charge is -2.33. The van der Waals surface area contributed by atoms with Crippen molar-refractivity contribution in [1.82, 2.24) is 9.97 Å². The van der Waals surface area contributed by atoms with Crippen molar-refractivity contribution in [2.45, 2.75) is 56.8 Å². The number of aliphatic carboxylic acids is 1. The van der Waals surface area contributed by atoms with E-state index >= 15 is 0 Å². The molecule has 2 unspecified atom stereocenters. The van der Waals surface area contributed by atoms with E-state index < -0.39 is 17.7 Å². The molecule has 1 aliphatic rings. The SMILES string of the molecule is Cc1ccc(CC(C)(OC(C)C(=O)O)c2[nH]c3cccc4c3c2SCC4)c(OCc2ccc(-c3ccccc3)cn2)c1. The number of aromatic nitrogens is 2. The summed E-state index contributed by atoms with van der Waals surface area (Å²) in [4.78, 5) is 21.4. The number of benzene rings is 3. The van der Waals surface area contributed by atoms with Crippen LogP contribution < -0.4 is 4.74 Å². The topological polar surface area (TPSA) is 84.4 Å². The Morgan fingerprint density at radius 3 is 2.67 bits per heavy atom. The van der Waals surface area contributed by atoms with Gasteiger partial charge in [-0.05, 0) is 67.6 Å². The summed E-state index contributed by atoms with van der Waals surface area (Å²) in [5.41, 5.74) is 7.33. The van der Waals surface area contributed by atoms with Crippen LogP contribution >= 0.6 is 11.8 Å². The Morgan fingerprint density at radius 2 is 1.90 bits per heavy atom. The highest BCUT2D eigenvalue weighted by Crippen LogP contribution is 2.45. The molecular formula is C35H34N2O4S. The highest BCUT2D eigenvalue weighted by atomic mass is 32.2. The number of carboxylic acid groups (broad SMARTS) is 1. The molecular weight excluding hydrogens is 544 g/mol. The molecule has 0 spiro atoms. The number of carbonyl (C=O) groups is 1. The van der Waals surface area contributed by atoms with Crippen molar-refractivity contribution < 1.29 is 19.4 Å². The van der Waals surface area contributed by atoms with Gasteiger partial charge in [0, 0.05) is 39.7 Å². The molecule has 7 heteroatoms. The summed E-state index contributed by atoms with van der Waals surface area (Å²) in [6.07, 6.45) is 2.31. The Balaban J connectivity index is 1.31. The van der Waals surface area contributed by atoms with Crippen LogP contribution in [-0.2, 0) is 34.6 Å². The van der Waals surface area contributed by atoms with E-state index in [1.807, 2.05) is 50.4 Å². The lowest BCUT2D eigenvalue weighted by atomic mass is 9.91. The monoisotopic (exact) mass is 578 g/mol. The Hall–Kier alpha value is -4.07. The van der Waals surface area contributed by atoms with Crippen molar-refractivity contribution in [2.24, 2.45) is 0 Å². The van der Waals surface area contributed by atoms with Gasteiger partial charge in [0.25, 0.3) is 0 Å². The first-order valence-corrected chi connectivity index (χ1v) is 15.2. The molecule has 42 heavy (non-hydrogen) atoms. The first kappa shape index (κ1) is 28.1. The van der Waals surface area contributed by atoms with E-state index in [0.717, 1.165) is 62.0 Å². The van der Waals surface area contributed by atoms with Gasteiger partial charge in [0.1, 0.15) is 18.0 Å². The molecule has 6 nitrogen and oxygen atoms in total. The largest absolute Gasteiger partial charge is 0.487 e. The molecule has 0 fully saturated rings. The van der Waals surface area contributed by atoms with Crippen molar-refractivity contribution in [3.8, 4) is 16.9 Å². The van der Waals surface area contributed by atoms with E-state index in [0.29, 0.717) is 13.0 Å². The molecule has 6 rings (SSSR count). The average Bonchev–Trinajstić information content (AvgIpc) is 3.39. The van der Waals surface area contributed by atoms with Gasteiger partial charge >= 0.3 is 5.97 Å². The number of hydrogen-bond acceptors (Lipinski definition) is 5. The van der Waals surface area contributed by atoms with Crippen LogP contribution in [0, 0.1) is 6.92 Å². The number of thioether (sulfide) groups is 1. The zero-order valence-corrected chi connectivity index (χ0v) is 24.8. The minimum atomic E-state index is -0.996. The normalized spacial score (nSPS) is 14.8. The number of hydrogen-bond donors (Lipinski definition) is 2. The van der Waals surface area contributed by atoms with Gasteiger partial charge in [0.15, 0.2) is 6.10 Å². The van der Waals surface area contributed by atoms with Crippen LogP contribution in [0.3, 0.4) is 0 Å². The second kappa shape index (κ2) is 11.7. The molecule has 3 aromatic carbocycles. The minimum absolute atomic E-state index is 0.311. The van der Waals surface area contributed by atoms with Crippen LogP contribution in [0.1, 0.15) is 41.9 Å². The molecule has 0 saturated carbocycles. The van der Waals surface area contributed by atoms with Crippen LogP contribution in [0.5, 0.6) is 5.75 Å². The number of nitrogens with one attached hydrogen (secondary N) is 1. The first-order chi connectivity index (χ1) is 20.3. The fraction of sp³-hybridized carbons (Fsp3) is 0.257. The molecule has 1 aliphatic heterocycles. The quantitative estimate of drug-likeness (QED) is 0.177. The van der Waals surface area contributed by atoms with Gasteiger partial charge in [0.2, 0.25) is 0 Å². The van der Waals surface area contributed by atoms with E-state index in [1.165, 1.54) is 10.9 Å². The number of ether oxygens (including phenoxy) is 2. The zero-order chi connectivity index (χ0) is 29.3. The van der Waals surface area contributed by atoms with Crippen LogP contribution in [-0.4, -0.2) is 32.9 Å². The molecule has 0 radical (unpaired) electrons. The third kappa shape index (κ3) is 5.67. The number of H-pyrrole nitrogens is 1. The summed E-state index contributed by atoms with van der Waals surface area (Å²) in [5.74, 6) is 0.709. The van der Waals surface area contributed by atoms with Gasteiger partial charge in [-0.2, -0.15) is 0 Å². The highest BCUT2D eigenvalue weighted by molar-refractivity contribution is 7.99. The Kier molecular flexibility index (Phi) is 7.80. The summed E-state index contributed by atoms with van der Waals surface area (Å²) in [6, 6.07) is 26.7. The molecule has 214 valence electrons. The van der Waals surface area contributed by atoms with Gasteiger partial charge in [-0.3, -0.25) is 4.98 Å². The summed E-state index contributed by atoms with van der Waals surface area (Å²) >= 11 is 1.80. The molecule has 0 bridgehead atoms. The molecule has 2 N–H and O–H groups in total. The second-order valence-electron chi connectivity index (χ2n) is 11.1. The number of nitrogens with zero attached hydrogens (tertiary/aromatic N) is 1.